The predicted molar refractivity (Wildman–Crippen MR) is 66.2 cm³/mol. The van der Waals surface area contributed by atoms with Gasteiger partial charge in [-0.25, -0.2) is 9.59 Å². The number of hydrogen-bond acceptors (Lipinski definition) is 4. The molecule has 0 aliphatic rings. The van der Waals surface area contributed by atoms with Gasteiger partial charge in [0.05, 0.1) is 13.7 Å². The quantitative estimate of drug-likeness (QED) is 0.687. The second-order valence-electron chi connectivity index (χ2n) is 3.74. The second-order valence-corrected chi connectivity index (χ2v) is 3.74. The lowest BCUT2D eigenvalue weighted by atomic mass is 10.2. The van der Waals surface area contributed by atoms with E-state index in [-0.39, 0.29) is 6.54 Å². The molecule has 0 bridgehead atoms. The summed E-state index contributed by atoms with van der Waals surface area (Å²) < 4.78 is 4.32. The van der Waals surface area contributed by atoms with Crippen LogP contribution in [-0.4, -0.2) is 36.9 Å². The first kappa shape index (κ1) is 14.0. The van der Waals surface area contributed by atoms with Crippen LogP contribution in [0.25, 0.3) is 0 Å². The summed E-state index contributed by atoms with van der Waals surface area (Å²) in [5.74, 6) is -0.786. The Balaban J connectivity index is 2.41. The molecular weight excluding hydrogens is 236 g/mol. The van der Waals surface area contributed by atoms with Crippen LogP contribution in [0.5, 0.6) is 0 Å². The van der Waals surface area contributed by atoms with Crippen LogP contribution < -0.4 is 10.6 Å². The smallest absolute Gasteiger partial charge is 0.336 e. The lowest BCUT2D eigenvalue weighted by Gasteiger charge is -2.11. The summed E-state index contributed by atoms with van der Waals surface area (Å²) in [5, 5.41) is 14.2. The van der Waals surface area contributed by atoms with Gasteiger partial charge in [0.2, 0.25) is 0 Å². The Kier molecular flexibility index (Phi) is 5.13. The van der Waals surface area contributed by atoms with Crippen molar-refractivity contribution in [3.63, 3.8) is 0 Å². The third kappa shape index (κ3) is 4.42. The Morgan fingerprint density at radius 1 is 1.44 bits per heavy atom. The fourth-order valence-corrected chi connectivity index (χ4v) is 1.31. The highest BCUT2D eigenvalue weighted by Crippen LogP contribution is 2.08. The molecule has 6 heteroatoms. The number of rotatable bonds is 4. The van der Waals surface area contributed by atoms with Crippen LogP contribution in [0.15, 0.2) is 24.3 Å². The molecule has 1 rings (SSSR count). The molecule has 0 saturated carbocycles. The van der Waals surface area contributed by atoms with Crippen molar-refractivity contribution in [2.45, 2.75) is 13.0 Å². The minimum atomic E-state index is -1.36. The minimum absolute atomic E-state index is 0.204. The SMILES string of the molecule is COC(=O)C(O)CNC(=O)Nc1cccc(C)c1. The van der Waals surface area contributed by atoms with Gasteiger partial charge in [0, 0.05) is 5.69 Å². The monoisotopic (exact) mass is 252 g/mol. The number of aliphatic hydroxyl groups is 1. The normalized spacial score (nSPS) is 11.5. The topological polar surface area (TPSA) is 87.7 Å². The van der Waals surface area contributed by atoms with Crippen molar-refractivity contribution in [2.75, 3.05) is 19.0 Å². The summed E-state index contributed by atoms with van der Waals surface area (Å²) in [6, 6.07) is 6.77. The van der Waals surface area contributed by atoms with E-state index >= 15 is 0 Å². The number of anilines is 1. The number of aliphatic hydroxyl groups excluding tert-OH is 1. The van der Waals surface area contributed by atoms with Crippen molar-refractivity contribution < 1.29 is 19.4 Å². The van der Waals surface area contributed by atoms with Gasteiger partial charge in [-0.2, -0.15) is 0 Å². The molecule has 1 unspecified atom stereocenters. The van der Waals surface area contributed by atoms with Gasteiger partial charge < -0.3 is 20.5 Å². The Hall–Kier alpha value is -2.08. The Morgan fingerprint density at radius 3 is 2.78 bits per heavy atom. The molecule has 1 atom stereocenters. The number of carbonyl (C=O) groups excluding carboxylic acids is 2. The first-order chi connectivity index (χ1) is 8.52. The number of methoxy groups -OCH3 is 1. The van der Waals surface area contributed by atoms with Gasteiger partial charge in [0.15, 0.2) is 6.10 Å². The first-order valence-electron chi connectivity index (χ1n) is 5.40. The van der Waals surface area contributed by atoms with Crippen molar-refractivity contribution in [1.29, 1.82) is 0 Å². The maximum absolute atomic E-state index is 11.5. The molecule has 0 aromatic heterocycles. The molecule has 98 valence electrons. The van der Waals surface area contributed by atoms with Gasteiger partial charge in [-0.3, -0.25) is 0 Å². The van der Waals surface area contributed by atoms with E-state index in [4.69, 9.17) is 0 Å². The van der Waals surface area contributed by atoms with Crippen molar-refractivity contribution in [2.24, 2.45) is 0 Å². The molecule has 1 aromatic carbocycles. The zero-order chi connectivity index (χ0) is 13.5. The Labute approximate surface area is 105 Å². The molecule has 0 aliphatic carbocycles. The third-order valence-corrected chi connectivity index (χ3v) is 2.21. The maximum atomic E-state index is 11.5. The van der Waals surface area contributed by atoms with Crippen LogP contribution in [0.4, 0.5) is 10.5 Å². The lowest BCUT2D eigenvalue weighted by molar-refractivity contribution is -0.149. The van der Waals surface area contributed by atoms with E-state index in [0.717, 1.165) is 5.56 Å². The largest absolute Gasteiger partial charge is 0.467 e. The van der Waals surface area contributed by atoms with Crippen LogP contribution >= 0.6 is 0 Å². The molecule has 0 radical (unpaired) electrons. The van der Waals surface area contributed by atoms with Gasteiger partial charge in [-0.15, -0.1) is 0 Å². The summed E-state index contributed by atoms with van der Waals surface area (Å²) in [4.78, 5) is 22.3. The van der Waals surface area contributed by atoms with Gasteiger partial charge in [-0.05, 0) is 24.6 Å². The summed E-state index contributed by atoms with van der Waals surface area (Å²) in [6.07, 6.45) is -1.36. The van der Waals surface area contributed by atoms with Crippen LogP contribution in [0.2, 0.25) is 0 Å². The van der Waals surface area contributed by atoms with E-state index in [1.165, 1.54) is 7.11 Å². The number of benzene rings is 1. The van der Waals surface area contributed by atoms with Crippen LogP contribution in [0.3, 0.4) is 0 Å². The van der Waals surface area contributed by atoms with Crippen LogP contribution in [0, 0.1) is 6.92 Å². The van der Waals surface area contributed by atoms with Gasteiger partial charge in [0.25, 0.3) is 0 Å². The highest BCUT2D eigenvalue weighted by molar-refractivity contribution is 5.89. The molecule has 0 fully saturated rings. The number of hydrogen-bond donors (Lipinski definition) is 3. The average molecular weight is 252 g/mol. The molecule has 0 saturated heterocycles. The summed E-state index contributed by atoms with van der Waals surface area (Å²) in [6.45, 7) is 1.70. The van der Waals surface area contributed by atoms with E-state index in [1.807, 2.05) is 19.1 Å². The second kappa shape index (κ2) is 6.61. The van der Waals surface area contributed by atoms with Crippen molar-refractivity contribution in [1.82, 2.24) is 5.32 Å². The van der Waals surface area contributed by atoms with E-state index in [2.05, 4.69) is 15.4 Å². The van der Waals surface area contributed by atoms with Gasteiger partial charge >= 0.3 is 12.0 Å². The number of carbonyl (C=O) groups is 2. The molecule has 3 N–H and O–H groups in total. The Morgan fingerprint density at radius 2 is 2.17 bits per heavy atom. The van der Waals surface area contributed by atoms with E-state index in [9.17, 15) is 14.7 Å². The zero-order valence-corrected chi connectivity index (χ0v) is 10.3. The van der Waals surface area contributed by atoms with E-state index in [1.54, 1.807) is 12.1 Å². The molecule has 0 aliphatic heterocycles. The molecular formula is C12H16N2O4. The van der Waals surface area contributed by atoms with Crippen LogP contribution in [0.1, 0.15) is 5.56 Å². The predicted octanol–water partition coefficient (Wildman–Crippen LogP) is 0.650. The standard InChI is InChI=1S/C12H16N2O4/c1-8-4-3-5-9(6-8)14-12(17)13-7-10(15)11(16)18-2/h3-6,10,15H,7H2,1-2H3,(H2,13,14,17). The minimum Gasteiger partial charge on any atom is -0.467 e. The number of esters is 1. The molecule has 18 heavy (non-hydrogen) atoms. The molecule has 2 amide bonds. The van der Waals surface area contributed by atoms with E-state index in [0.29, 0.717) is 5.69 Å². The number of ether oxygens (including phenoxy) is 1. The fraction of sp³-hybridized carbons (Fsp3) is 0.333. The van der Waals surface area contributed by atoms with Crippen molar-refractivity contribution in [3.8, 4) is 0 Å². The lowest BCUT2D eigenvalue weighted by Crippen LogP contribution is -2.39. The van der Waals surface area contributed by atoms with Crippen molar-refractivity contribution in [3.05, 3.63) is 29.8 Å². The summed E-state index contributed by atoms with van der Waals surface area (Å²) >= 11 is 0. The summed E-state index contributed by atoms with van der Waals surface area (Å²) in [7, 11) is 1.17. The summed E-state index contributed by atoms with van der Waals surface area (Å²) in [5.41, 5.74) is 1.66. The molecule has 0 spiro atoms. The molecule has 1 aromatic rings. The number of aryl methyl sites for hydroxylation is 1. The van der Waals surface area contributed by atoms with Crippen molar-refractivity contribution >= 4 is 17.7 Å². The average Bonchev–Trinajstić information content (AvgIpc) is 2.35. The molecule has 6 nitrogen and oxygen atoms in total. The maximum Gasteiger partial charge on any atom is 0.336 e. The fourth-order valence-electron chi connectivity index (χ4n) is 1.31. The van der Waals surface area contributed by atoms with Crippen LogP contribution in [-0.2, 0) is 9.53 Å². The highest BCUT2D eigenvalue weighted by atomic mass is 16.5. The molecule has 0 heterocycles. The van der Waals surface area contributed by atoms with Gasteiger partial charge in [0.1, 0.15) is 0 Å². The number of urea groups is 1. The third-order valence-electron chi connectivity index (χ3n) is 2.21. The number of amides is 2. The number of nitrogens with one attached hydrogen (secondary N) is 2. The van der Waals surface area contributed by atoms with E-state index < -0.39 is 18.1 Å². The first-order valence-corrected chi connectivity index (χ1v) is 5.40. The Bertz CT molecular complexity index is 434. The highest BCUT2D eigenvalue weighted by Gasteiger charge is 2.15. The zero-order valence-electron chi connectivity index (χ0n) is 10.3. The van der Waals surface area contributed by atoms with Gasteiger partial charge in [-0.1, -0.05) is 12.1 Å².